The third-order valence-electron chi connectivity index (χ3n) is 5.69. The van der Waals surface area contributed by atoms with Crippen molar-refractivity contribution >= 4 is 17.5 Å². The van der Waals surface area contributed by atoms with Gasteiger partial charge >= 0.3 is 0 Å². The molecule has 35 heavy (non-hydrogen) atoms. The molecule has 0 radical (unpaired) electrons. The maximum absolute atomic E-state index is 12.7. The van der Waals surface area contributed by atoms with Crippen molar-refractivity contribution in [3.05, 3.63) is 113 Å². The summed E-state index contributed by atoms with van der Waals surface area (Å²) >= 11 is 0. The first-order valence-corrected chi connectivity index (χ1v) is 11.4. The average molecular weight is 469 g/mol. The van der Waals surface area contributed by atoms with E-state index < -0.39 is 0 Å². The molecule has 0 spiro atoms. The van der Waals surface area contributed by atoms with Crippen LogP contribution in [0.25, 0.3) is 0 Å². The van der Waals surface area contributed by atoms with Crippen molar-refractivity contribution in [3.8, 4) is 5.75 Å². The molecule has 0 aliphatic heterocycles. The third kappa shape index (κ3) is 6.14. The zero-order chi connectivity index (χ0) is 24.6. The highest BCUT2D eigenvalue weighted by Crippen LogP contribution is 2.20. The highest BCUT2D eigenvalue weighted by molar-refractivity contribution is 6.06. The van der Waals surface area contributed by atoms with E-state index in [1.54, 1.807) is 36.4 Å². The van der Waals surface area contributed by atoms with E-state index in [1.807, 2.05) is 54.9 Å². The highest BCUT2D eigenvalue weighted by atomic mass is 16.5. The smallest absolute Gasteiger partial charge is 0.259 e. The van der Waals surface area contributed by atoms with Crippen molar-refractivity contribution in [2.24, 2.45) is 0 Å². The van der Waals surface area contributed by atoms with Crippen LogP contribution in [0.15, 0.2) is 84.9 Å². The summed E-state index contributed by atoms with van der Waals surface area (Å²) in [6.07, 6.45) is 0. The van der Waals surface area contributed by atoms with Crippen LogP contribution < -0.4 is 15.4 Å². The van der Waals surface area contributed by atoms with E-state index in [2.05, 4.69) is 27.9 Å². The van der Waals surface area contributed by atoms with Crippen LogP contribution in [0.5, 0.6) is 5.75 Å². The minimum absolute atomic E-state index is 0.203. The molecule has 0 atom stereocenters. The predicted octanol–water partition coefficient (Wildman–Crippen LogP) is 4.50. The number of benzene rings is 3. The minimum Gasteiger partial charge on any atom is -0.483 e. The number of hydrogen-bond donors (Lipinski definition) is 2. The van der Waals surface area contributed by atoms with E-state index in [1.165, 1.54) is 0 Å². The zero-order valence-electron chi connectivity index (χ0n) is 19.8. The molecule has 0 unspecified atom stereocenters. The van der Waals surface area contributed by atoms with Gasteiger partial charge in [0.05, 0.1) is 17.8 Å². The molecule has 1 heterocycles. The van der Waals surface area contributed by atoms with Gasteiger partial charge in [0.1, 0.15) is 5.75 Å². The summed E-state index contributed by atoms with van der Waals surface area (Å²) in [6.45, 7) is 4.76. The topological polar surface area (TPSA) is 85.2 Å². The van der Waals surface area contributed by atoms with E-state index >= 15 is 0 Å². The van der Waals surface area contributed by atoms with E-state index in [9.17, 15) is 9.59 Å². The molecule has 0 aliphatic carbocycles. The number of nitrogens with zero attached hydrogens (tertiary/aromatic N) is 2. The quantitative estimate of drug-likeness (QED) is 0.379. The molecule has 3 aromatic carbocycles. The number of para-hydroxylation sites is 2. The van der Waals surface area contributed by atoms with Crippen LogP contribution in [0.2, 0.25) is 0 Å². The average Bonchev–Trinajstić information content (AvgIpc) is 3.14. The van der Waals surface area contributed by atoms with Crippen LogP contribution in [0, 0.1) is 13.8 Å². The summed E-state index contributed by atoms with van der Waals surface area (Å²) in [5.41, 5.74) is 5.08. The fraction of sp³-hybridized carbons (Fsp3) is 0.179. The Morgan fingerprint density at radius 2 is 1.54 bits per heavy atom. The Balaban J connectivity index is 1.34. The number of nitrogens with one attached hydrogen (secondary N) is 2. The maximum atomic E-state index is 12.7. The fourth-order valence-corrected chi connectivity index (χ4v) is 3.78. The van der Waals surface area contributed by atoms with Gasteiger partial charge in [-0.05, 0) is 43.7 Å². The molecule has 0 saturated carbocycles. The Labute approximate surface area is 204 Å². The lowest BCUT2D eigenvalue weighted by Gasteiger charge is -2.12. The summed E-state index contributed by atoms with van der Waals surface area (Å²) in [5.74, 6) is -0.235. The molecule has 2 N–H and O–H groups in total. The molecule has 0 aliphatic rings. The summed E-state index contributed by atoms with van der Waals surface area (Å²) in [7, 11) is 0. The van der Waals surface area contributed by atoms with Crippen LogP contribution in [-0.2, 0) is 17.9 Å². The van der Waals surface area contributed by atoms with Gasteiger partial charge < -0.3 is 15.4 Å². The lowest BCUT2D eigenvalue weighted by Crippen LogP contribution is -2.29. The molecular formula is C28H28N4O3. The normalized spacial score (nSPS) is 10.6. The van der Waals surface area contributed by atoms with Crippen molar-refractivity contribution in [2.75, 3.05) is 11.9 Å². The first kappa shape index (κ1) is 23.8. The Bertz CT molecular complexity index is 1300. The molecule has 0 bridgehead atoms. The number of hydrogen-bond acceptors (Lipinski definition) is 4. The van der Waals surface area contributed by atoms with Gasteiger partial charge in [-0.25, -0.2) is 0 Å². The number of amides is 2. The van der Waals surface area contributed by atoms with Crippen molar-refractivity contribution in [2.45, 2.75) is 26.9 Å². The van der Waals surface area contributed by atoms with E-state index in [0.717, 1.165) is 22.5 Å². The number of carbonyl (C=O) groups is 2. The molecule has 7 nitrogen and oxygen atoms in total. The number of aromatic nitrogens is 2. The number of anilines is 1. The molecule has 0 saturated heterocycles. The maximum Gasteiger partial charge on any atom is 0.259 e. The van der Waals surface area contributed by atoms with Gasteiger partial charge in [0, 0.05) is 23.5 Å². The van der Waals surface area contributed by atoms with Crippen LogP contribution in [0.3, 0.4) is 0 Å². The summed E-state index contributed by atoms with van der Waals surface area (Å²) in [4.78, 5) is 25.2. The second-order valence-electron chi connectivity index (χ2n) is 8.17. The molecule has 1 aromatic heterocycles. The van der Waals surface area contributed by atoms with Gasteiger partial charge in [-0.3, -0.25) is 14.3 Å². The lowest BCUT2D eigenvalue weighted by atomic mass is 10.2. The number of carbonyl (C=O) groups excluding carboxylic acids is 2. The van der Waals surface area contributed by atoms with Crippen molar-refractivity contribution in [3.63, 3.8) is 0 Å². The van der Waals surface area contributed by atoms with Crippen LogP contribution in [0.4, 0.5) is 5.69 Å². The second kappa shape index (κ2) is 11.2. The molecule has 0 fully saturated rings. The van der Waals surface area contributed by atoms with Crippen molar-refractivity contribution < 1.29 is 14.3 Å². The highest BCUT2D eigenvalue weighted by Gasteiger charge is 2.15. The standard InChI is InChI=1S/C28H28N4O3/c1-20-25(21(2)32(31-20)18-22-11-5-3-6-12-22)17-29-27(33)19-35-26-16-10-9-15-24(26)28(34)30-23-13-7-4-8-14-23/h3-16H,17-19H2,1-2H3,(H,29,33)(H,30,34). The molecule has 7 heteroatoms. The molecule has 178 valence electrons. The van der Waals surface area contributed by atoms with Gasteiger partial charge in [-0.15, -0.1) is 0 Å². The Hall–Kier alpha value is -4.39. The summed E-state index contributed by atoms with van der Waals surface area (Å²) in [5, 5.41) is 10.4. The van der Waals surface area contributed by atoms with Gasteiger partial charge in [-0.1, -0.05) is 60.7 Å². The minimum atomic E-state index is -0.302. The van der Waals surface area contributed by atoms with Gasteiger partial charge in [-0.2, -0.15) is 5.10 Å². The number of ether oxygens (including phenoxy) is 1. The fourth-order valence-electron chi connectivity index (χ4n) is 3.78. The zero-order valence-corrected chi connectivity index (χ0v) is 19.8. The SMILES string of the molecule is Cc1nn(Cc2ccccc2)c(C)c1CNC(=O)COc1ccccc1C(=O)Nc1ccccc1. The Morgan fingerprint density at radius 3 is 2.29 bits per heavy atom. The Kier molecular flexibility index (Phi) is 7.57. The van der Waals surface area contributed by atoms with Crippen molar-refractivity contribution in [1.29, 1.82) is 0 Å². The van der Waals surface area contributed by atoms with Gasteiger partial charge in [0.25, 0.3) is 11.8 Å². The van der Waals surface area contributed by atoms with Crippen molar-refractivity contribution in [1.82, 2.24) is 15.1 Å². The second-order valence-corrected chi connectivity index (χ2v) is 8.17. The van der Waals surface area contributed by atoms with Crippen LogP contribution in [-0.4, -0.2) is 28.2 Å². The number of aryl methyl sites for hydroxylation is 1. The van der Waals surface area contributed by atoms with E-state index in [4.69, 9.17) is 4.74 Å². The first-order chi connectivity index (χ1) is 17.0. The van der Waals surface area contributed by atoms with E-state index in [-0.39, 0.29) is 18.4 Å². The monoisotopic (exact) mass is 468 g/mol. The lowest BCUT2D eigenvalue weighted by molar-refractivity contribution is -0.123. The third-order valence-corrected chi connectivity index (χ3v) is 5.69. The molecular weight excluding hydrogens is 440 g/mol. The molecule has 2 amide bonds. The van der Waals surface area contributed by atoms with Crippen LogP contribution in [0.1, 0.15) is 32.9 Å². The Morgan fingerprint density at radius 1 is 0.886 bits per heavy atom. The molecule has 4 aromatic rings. The summed E-state index contributed by atoms with van der Waals surface area (Å²) < 4.78 is 7.65. The van der Waals surface area contributed by atoms with Gasteiger partial charge in [0.15, 0.2) is 6.61 Å². The van der Waals surface area contributed by atoms with E-state index in [0.29, 0.717) is 30.1 Å². The van der Waals surface area contributed by atoms with Gasteiger partial charge in [0.2, 0.25) is 0 Å². The number of rotatable bonds is 9. The molecule has 4 rings (SSSR count). The largest absolute Gasteiger partial charge is 0.483 e. The predicted molar refractivity (Wildman–Crippen MR) is 135 cm³/mol. The summed E-state index contributed by atoms with van der Waals surface area (Å²) in [6, 6.07) is 26.2. The van der Waals surface area contributed by atoms with Crippen LogP contribution >= 0.6 is 0 Å². The first-order valence-electron chi connectivity index (χ1n) is 11.4.